The molecule has 0 aliphatic carbocycles. The monoisotopic (exact) mass is 471 g/mol. The van der Waals surface area contributed by atoms with Crippen molar-refractivity contribution < 1.29 is 22.6 Å². The number of hydrogen-bond acceptors (Lipinski definition) is 6. The van der Waals surface area contributed by atoms with E-state index >= 15 is 0 Å². The van der Waals surface area contributed by atoms with Gasteiger partial charge < -0.3 is 14.5 Å². The molecule has 0 spiro atoms. The minimum absolute atomic E-state index is 0.165. The SMILES string of the molecule is Cc1c(SCCOCCOCCC(F)(F)F)ccnc1CSc1nc2ccccc2[nH]1. The maximum atomic E-state index is 12.0. The number of halogens is 3. The van der Waals surface area contributed by atoms with Gasteiger partial charge >= 0.3 is 6.18 Å². The summed E-state index contributed by atoms with van der Waals surface area (Å²) in [5.74, 6) is 1.45. The molecule has 2 heterocycles. The number of ether oxygens (including phenoxy) is 2. The van der Waals surface area contributed by atoms with Crippen LogP contribution in [-0.4, -0.2) is 53.3 Å². The zero-order valence-electron chi connectivity index (χ0n) is 17.1. The van der Waals surface area contributed by atoms with E-state index in [1.165, 1.54) is 0 Å². The number of nitrogens with zero attached hydrogens (tertiary/aromatic N) is 2. The summed E-state index contributed by atoms with van der Waals surface area (Å²) in [5.41, 5.74) is 4.11. The van der Waals surface area contributed by atoms with Crippen molar-refractivity contribution in [2.24, 2.45) is 0 Å². The first kappa shape index (κ1) is 23.9. The summed E-state index contributed by atoms with van der Waals surface area (Å²) < 4.78 is 46.4. The van der Waals surface area contributed by atoms with E-state index in [1.807, 2.05) is 30.3 Å². The summed E-state index contributed by atoms with van der Waals surface area (Å²) in [7, 11) is 0. The maximum absolute atomic E-state index is 12.0. The highest BCUT2D eigenvalue weighted by molar-refractivity contribution is 7.99. The lowest BCUT2D eigenvalue weighted by Gasteiger charge is -2.10. The van der Waals surface area contributed by atoms with Crippen molar-refractivity contribution in [1.82, 2.24) is 15.0 Å². The molecule has 3 rings (SSSR count). The number of imidazole rings is 1. The molecular weight excluding hydrogens is 447 g/mol. The molecular formula is C21H24F3N3O2S2. The Kier molecular flexibility index (Phi) is 9.06. The van der Waals surface area contributed by atoms with Gasteiger partial charge in [-0.2, -0.15) is 13.2 Å². The topological polar surface area (TPSA) is 60.0 Å². The largest absolute Gasteiger partial charge is 0.391 e. The van der Waals surface area contributed by atoms with Crippen LogP contribution >= 0.6 is 23.5 Å². The van der Waals surface area contributed by atoms with Crippen molar-refractivity contribution in [1.29, 1.82) is 0 Å². The Morgan fingerprint density at radius 2 is 1.77 bits per heavy atom. The smallest absolute Gasteiger partial charge is 0.379 e. The molecule has 0 fully saturated rings. The first-order valence-corrected chi connectivity index (χ1v) is 11.8. The van der Waals surface area contributed by atoms with E-state index in [4.69, 9.17) is 9.47 Å². The highest BCUT2D eigenvalue weighted by Crippen LogP contribution is 2.28. The molecule has 0 aliphatic heterocycles. The maximum Gasteiger partial charge on any atom is 0.391 e. The predicted octanol–water partition coefficient (Wildman–Crippen LogP) is 5.64. The normalized spacial score (nSPS) is 12.0. The summed E-state index contributed by atoms with van der Waals surface area (Å²) in [6, 6.07) is 9.91. The van der Waals surface area contributed by atoms with Gasteiger partial charge in [-0.15, -0.1) is 11.8 Å². The van der Waals surface area contributed by atoms with Crippen LogP contribution in [0.25, 0.3) is 11.0 Å². The molecule has 2 aromatic heterocycles. The van der Waals surface area contributed by atoms with Gasteiger partial charge in [-0.3, -0.25) is 4.98 Å². The van der Waals surface area contributed by atoms with Crippen LogP contribution in [0.2, 0.25) is 0 Å². The van der Waals surface area contributed by atoms with Crippen molar-refractivity contribution in [3.8, 4) is 0 Å². The van der Waals surface area contributed by atoms with Crippen LogP contribution in [0.1, 0.15) is 17.7 Å². The molecule has 0 aliphatic rings. The molecule has 0 bridgehead atoms. The quantitative estimate of drug-likeness (QED) is 0.273. The second-order valence-corrected chi connectivity index (χ2v) is 8.77. The molecule has 1 N–H and O–H groups in total. The number of thioether (sulfide) groups is 2. The number of nitrogens with one attached hydrogen (secondary N) is 1. The fourth-order valence-electron chi connectivity index (χ4n) is 2.72. The number of rotatable bonds is 12. The third-order valence-electron chi connectivity index (χ3n) is 4.36. The lowest BCUT2D eigenvalue weighted by atomic mass is 10.2. The number of alkyl halides is 3. The lowest BCUT2D eigenvalue weighted by Crippen LogP contribution is -2.14. The number of fused-ring (bicyclic) bond motifs is 1. The van der Waals surface area contributed by atoms with Gasteiger partial charge in [0.15, 0.2) is 5.16 Å². The standard InChI is InChI=1S/C21H24F3N3O2S2/c1-15-18(14-31-20-26-16-4-2-3-5-17(16)27-20)25-8-6-19(15)30-13-12-29-11-10-28-9-7-21(22,23)24/h2-6,8H,7,9-14H2,1H3,(H,26,27). The second kappa shape index (κ2) is 11.8. The number of para-hydroxylation sites is 2. The van der Waals surface area contributed by atoms with Gasteiger partial charge in [-0.25, -0.2) is 4.98 Å². The van der Waals surface area contributed by atoms with Crippen molar-refractivity contribution in [3.63, 3.8) is 0 Å². The van der Waals surface area contributed by atoms with E-state index in [9.17, 15) is 13.2 Å². The Hall–Kier alpha value is -1.75. The molecule has 31 heavy (non-hydrogen) atoms. The third-order valence-corrected chi connectivity index (χ3v) is 6.37. The average Bonchev–Trinajstić information content (AvgIpc) is 3.15. The molecule has 5 nitrogen and oxygen atoms in total. The number of aromatic amines is 1. The van der Waals surface area contributed by atoms with Crippen LogP contribution in [0.3, 0.4) is 0 Å². The average molecular weight is 472 g/mol. The Bertz CT molecular complexity index is 933. The van der Waals surface area contributed by atoms with Crippen molar-refractivity contribution in [2.75, 3.05) is 32.2 Å². The summed E-state index contributed by atoms with van der Waals surface area (Å²) >= 11 is 3.29. The van der Waals surface area contributed by atoms with E-state index in [2.05, 4.69) is 21.9 Å². The predicted molar refractivity (Wildman–Crippen MR) is 118 cm³/mol. The van der Waals surface area contributed by atoms with Crippen LogP contribution in [0.5, 0.6) is 0 Å². The molecule has 0 unspecified atom stereocenters. The molecule has 0 saturated heterocycles. The summed E-state index contributed by atoms with van der Waals surface area (Å²) in [6.07, 6.45) is -3.30. The Morgan fingerprint density at radius 3 is 2.55 bits per heavy atom. The molecule has 1 aromatic carbocycles. The van der Waals surface area contributed by atoms with Crippen LogP contribution in [0, 0.1) is 6.92 Å². The van der Waals surface area contributed by atoms with E-state index in [-0.39, 0.29) is 19.8 Å². The molecule has 10 heteroatoms. The minimum atomic E-state index is -4.18. The van der Waals surface area contributed by atoms with Gasteiger partial charge in [0.2, 0.25) is 0 Å². The van der Waals surface area contributed by atoms with Gasteiger partial charge in [0.25, 0.3) is 0 Å². The highest BCUT2D eigenvalue weighted by atomic mass is 32.2. The second-order valence-electron chi connectivity index (χ2n) is 6.67. The molecule has 0 radical (unpaired) electrons. The van der Waals surface area contributed by atoms with Gasteiger partial charge in [0.05, 0.1) is 49.6 Å². The first-order chi connectivity index (χ1) is 14.9. The summed E-state index contributed by atoms with van der Waals surface area (Å²) in [6.45, 7) is 2.68. The summed E-state index contributed by atoms with van der Waals surface area (Å²) in [4.78, 5) is 13.5. The zero-order valence-corrected chi connectivity index (χ0v) is 18.7. The number of aromatic nitrogens is 3. The van der Waals surface area contributed by atoms with Crippen LogP contribution < -0.4 is 0 Å². The van der Waals surface area contributed by atoms with E-state index in [0.29, 0.717) is 12.4 Å². The van der Waals surface area contributed by atoms with E-state index in [1.54, 1.807) is 29.7 Å². The molecule has 3 aromatic rings. The van der Waals surface area contributed by atoms with Crippen LogP contribution in [0.4, 0.5) is 13.2 Å². The van der Waals surface area contributed by atoms with Crippen LogP contribution in [0.15, 0.2) is 46.6 Å². The molecule has 0 atom stereocenters. The summed E-state index contributed by atoms with van der Waals surface area (Å²) in [5, 5.41) is 0.867. The fraction of sp³-hybridized carbons (Fsp3) is 0.429. The van der Waals surface area contributed by atoms with Gasteiger partial charge in [-0.1, -0.05) is 23.9 Å². The first-order valence-electron chi connectivity index (χ1n) is 9.79. The minimum Gasteiger partial charge on any atom is -0.379 e. The Morgan fingerprint density at radius 1 is 1.00 bits per heavy atom. The van der Waals surface area contributed by atoms with Crippen molar-refractivity contribution in [3.05, 3.63) is 47.8 Å². The van der Waals surface area contributed by atoms with Crippen LogP contribution in [-0.2, 0) is 15.2 Å². The number of benzene rings is 1. The highest BCUT2D eigenvalue weighted by Gasteiger charge is 2.26. The fourth-order valence-corrected chi connectivity index (χ4v) is 4.54. The van der Waals surface area contributed by atoms with Gasteiger partial charge in [0.1, 0.15) is 0 Å². The van der Waals surface area contributed by atoms with Crippen molar-refractivity contribution >= 4 is 34.6 Å². The van der Waals surface area contributed by atoms with Gasteiger partial charge in [-0.05, 0) is 30.7 Å². The third kappa shape index (κ3) is 8.03. The Balaban J connectivity index is 1.37. The van der Waals surface area contributed by atoms with Crippen molar-refractivity contribution in [2.45, 2.75) is 35.3 Å². The van der Waals surface area contributed by atoms with Gasteiger partial charge in [0, 0.05) is 22.6 Å². The molecule has 168 valence electrons. The number of H-pyrrole nitrogens is 1. The number of hydrogen-bond donors (Lipinski definition) is 1. The molecule has 0 saturated carbocycles. The van der Waals surface area contributed by atoms with E-state index < -0.39 is 12.6 Å². The molecule has 0 amide bonds. The number of pyridine rings is 1. The zero-order chi connectivity index (χ0) is 22.1. The Labute approximate surface area is 187 Å². The lowest BCUT2D eigenvalue weighted by molar-refractivity contribution is -0.146. The van der Waals surface area contributed by atoms with E-state index in [0.717, 1.165) is 38.1 Å².